The second-order valence-electron chi connectivity index (χ2n) is 3.56. The van der Waals surface area contributed by atoms with Crippen molar-refractivity contribution in [1.29, 1.82) is 0 Å². The van der Waals surface area contributed by atoms with Gasteiger partial charge in [-0.3, -0.25) is 4.79 Å². The van der Waals surface area contributed by atoms with E-state index in [9.17, 15) is 4.79 Å². The Balaban J connectivity index is 2.11. The summed E-state index contributed by atoms with van der Waals surface area (Å²) in [6.45, 7) is 1.98. The summed E-state index contributed by atoms with van der Waals surface area (Å²) in [6, 6.07) is 10.6. The van der Waals surface area contributed by atoms with Crippen LogP contribution in [0.1, 0.15) is 16.1 Å². The topological polar surface area (TPSA) is 54.9 Å². The van der Waals surface area contributed by atoms with Crippen molar-refractivity contribution in [3.05, 3.63) is 52.8 Å². The van der Waals surface area contributed by atoms with E-state index in [1.54, 1.807) is 0 Å². The number of hydrogen-bond donors (Lipinski definition) is 1. The lowest BCUT2D eigenvalue weighted by Gasteiger charge is -2.04. The lowest BCUT2D eigenvalue weighted by molar-refractivity contribution is 0.102. The molecule has 1 amide bonds. The molecule has 0 unspecified atom stereocenters. The molecule has 4 nitrogen and oxygen atoms in total. The van der Waals surface area contributed by atoms with Crippen molar-refractivity contribution < 1.29 is 4.79 Å². The van der Waals surface area contributed by atoms with Crippen LogP contribution in [0.3, 0.4) is 0 Å². The van der Waals surface area contributed by atoms with Gasteiger partial charge in [-0.1, -0.05) is 29.3 Å². The number of nitrogens with one attached hydrogen (secondary N) is 1. The number of benzene rings is 1. The average molecular weight is 248 g/mol. The quantitative estimate of drug-likeness (QED) is 0.888. The van der Waals surface area contributed by atoms with Crippen molar-refractivity contribution in [3.8, 4) is 0 Å². The summed E-state index contributed by atoms with van der Waals surface area (Å²) in [5.74, 6) is -0.307. The van der Waals surface area contributed by atoms with Gasteiger partial charge < -0.3 is 5.32 Å². The SMILES string of the molecule is Cc1ccc(NC(=O)c2ccc(Cl)nn2)cc1. The predicted molar refractivity (Wildman–Crippen MR) is 66.2 cm³/mol. The summed E-state index contributed by atoms with van der Waals surface area (Å²) in [6.07, 6.45) is 0. The fraction of sp³-hybridized carbons (Fsp3) is 0.0833. The van der Waals surface area contributed by atoms with E-state index in [4.69, 9.17) is 11.6 Å². The van der Waals surface area contributed by atoms with E-state index in [1.807, 2.05) is 31.2 Å². The highest BCUT2D eigenvalue weighted by molar-refractivity contribution is 6.29. The van der Waals surface area contributed by atoms with Gasteiger partial charge >= 0.3 is 0 Å². The Kier molecular flexibility index (Phi) is 3.35. The number of aromatic nitrogens is 2. The third-order valence-electron chi connectivity index (χ3n) is 2.17. The molecule has 0 aliphatic heterocycles. The molecule has 0 saturated heterocycles. The smallest absolute Gasteiger partial charge is 0.276 e. The molecule has 2 aromatic rings. The highest BCUT2D eigenvalue weighted by Crippen LogP contribution is 2.10. The number of rotatable bonds is 2. The molecular formula is C12H10ClN3O. The molecule has 5 heteroatoms. The summed E-state index contributed by atoms with van der Waals surface area (Å²) in [7, 11) is 0. The molecule has 0 fully saturated rings. The van der Waals surface area contributed by atoms with Gasteiger partial charge in [0, 0.05) is 5.69 Å². The highest BCUT2D eigenvalue weighted by Gasteiger charge is 2.07. The maximum absolute atomic E-state index is 11.8. The molecule has 0 saturated carbocycles. The molecule has 2 rings (SSSR count). The highest BCUT2D eigenvalue weighted by atomic mass is 35.5. The molecule has 1 N–H and O–H groups in total. The Morgan fingerprint density at radius 1 is 1.12 bits per heavy atom. The van der Waals surface area contributed by atoms with Crippen LogP contribution in [0, 0.1) is 6.92 Å². The molecule has 17 heavy (non-hydrogen) atoms. The summed E-state index contributed by atoms with van der Waals surface area (Å²) in [5, 5.41) is 10.3. The van der Waals surface area contributed by atoms with Crippen LogP contribution in [0.2, 0.25) is 5.15 Å². The maximum Gasteiger partial charge on any atom is 0.276 e. The number of halogens is 1. The van der Waals surface area contributed by atoms with Gasteiger partial charge in [0.15, 0.2) is 10.8 Å². The van der Waals surface area contributed by atoms with E-state index in [1.165, 1.54) is 12.1 Å². The van der Waals surface area contributed by atoms with Gasteiger partial charge in [0.2, 0.25) is 0 Å². The van der Waals surface area contributed by atoms with Crippen molar-refractivity contribution in [1.82, 2.24) is 10.2 Å². The van der Waals surface area contributed by atoms with E-state index < -0.39 is 0 Å². The second kappa shape index (κ2) is 4.93. The van der Waals surface area contributed by atoms with Gasteiger partial charge in [0.05, 0.1) is 0 Å². The minimum atomic E-state index is -0.307. The summed E-state index contributed by atoms with van der Waals surface area (Å²) in [5.41, 5.74) is 2.08. The Morgan fingerprint density at radius 2 is 1.82 bits per heavy atom. The van der Waals surface area contributed by atoms with Gasteiger partial charge in [-0.25, -0.2) is 0 Å². The molecule has 0 aliphatic rings. The first-order valence-corrected chi connectivity index (χ1v) is 5.40. The number of nitrogens with zero attached hydrogens (tertiary/aromatic N) is 2. The van der Waals surface area contributed by atoms with Crippen LogP contribution in [-0.2, 0) is 0 Å². The van der Waals surface area contributed by atoms with Gasteiger partial charge in [-0.15, -0.1) is 10.2 Å². The Labute approximate surface area is 104 Å². The monoisotopic (exact) mass is 247 g/mol. The minimum Gasteiger partial charge on any atom is -0.321 e. The maximum atomic E-state index is 11.8. The first-order chi connectivity index (χ1) is 8.15. The number of amides is 1. The molecule has 0 atom stereocenters. The molecule has 0 radical (unpaired) electrons. The molecule has 0 aliphatic carbocycles. The lowest BCUT2D eigenvalue weighted by atomic mass is 10.2. The number of aryl methyl sites for hydroxylation is 1. The fourth-order valence-electron chi connectivity index (χ4n) is 1.27. The van der Waals surface area contributed by atoms with Crippen molar-refractivity contribution in [2.24, 2.45) is 0 Å². The van der Waals surface area contributed by atoms with E-state index in [2.05, 4.69) is 15.5 Å². The zero-order chi connectivity index (χ0) is 12.3. The zero-order valence-electron chi connectivity index (χ0n) is 9.14. The molecule has 0 spiro atoms. The first-order valence-electron chi connectivity index (χ1n) is 5.02. The summed E-state index contributed by atoms with van der Waals surface area (Å²) < 4.78 is 0. The van der Waals surface area contributed by atoms with E-state index in [-0.39, 0.29) is 16.8 Å². The molecule has 1 aromatic carbocycles. The Morgan fingerprint density at radius 3 is 2.41 bits per heavy atom. The van der Waals surface area contributed by atoms with Crippen LogP contribution in [0.15, 0.2) is 36.4 Å². The fourth-order valence-corrected chi connectivity index (χ4v) is 1.37. The Hall–Kier alpha value is -1.94. The van der Waals surface area contributed by atoms with Crippen molar-refractivity contribution in [2.75, 3.05) is 5.32 Å². The van der Waals surface area contributed by atoms with E-state index in [0.29, 0.717) is 0 Å². The van der Waals surface area contributed by atoms with Gasteiger partial charge in [0.25, 0.3) is 5.91 Å². The average Bonchev–Trinajstić information content (AvgIpc) is 2.33. The zero-order valence-corrected chi connectivity index (χ0v) is 9.90. The van der Waals surface area contributed by atoms with Crippen LogP contribution >= 0.6 is 11.6 Å². The normalized spacial score (nSPS) is 10.0. The van der Waals surface area contributed by atoms with Gasteiger partial charge in [-0.2, -0.15) is 0 Å². The van der Waals surface area contributed by atoms with Crippen molar-refractivity contribution >= 4 is 23.2 Å². The molecule has 86 valence electrons. The summed E-state index contributed by atoms with van der Waals surface area (Å²) >= 11 is 5.59. The van der Waals surface area contributed by atoms with Gasteiger partial charge in [0.1, 0.15) is 0 Å². The van der Waals surface area contributed by atoms with Crippen molar-refractivity contribution in [3.63, 3.8) is 0 Å². The van der Waals surface area contributed by atoms with Crippen LogP contribution in [0.4, 0.5) is 5.69 Å². The second-order valence-corrected chi connectivity index (χ2v) is 3.95. The Bertz CT molecular complexity index is 522. The van der Waals surface area contributed by atoms with Crippen LogP contribution in [0.25, 0.3) is 0 Å². The molecule has 1 heterocycles. The number of hydrogen-bond acceptors (Lipinski definition) is 3. The number of carbonyl (C=O) groups excluding carboxylic acids is 1. The van der Waals surface area contributed by atoms with Crippen LogP contribution in [0.5, 0.6) is 0 Å². The first kappa shape index (κ1) is 11.5. The molecular weight excluding hydrogens is 238 g/mol. The standard InChI is InChI=1S/C12H10ClN3O/c1-8-2-4-9(5-3-8)14-12(17)10-6-7-11(13)16-15-10/h2-7H,1H3,(H,14,17). The minimum absolute atomic E-state index is 0.231. The predicted octanol–water partition coefficient (Wildman–Crippen LogP) is 2.69. The lowest BCUT2D eigenvalue weighted by Crippen LogP contribution is -2.14. The molecule has 0 bridgehead atoms. The third-order valence-corrected chi connectivity index (χ3v) is 2.38. The van der Waals surface area contributed by atoms with Crippen molar-refractivity contribution in [2.45, 2.75) is 6.92 Å². The largest absolute Gasteiger partial charge is 0.321 e. The van der Waals surface area contributed by atoms with E-state index in [0.717, 1.165) is 11.3 Å². The number of anilines is 1. The van der Waals surface area contributed by atoms with E-state index >= 15 is 0 Å². The number of carbonyl (C=O) groups is 1. The van der Waals surface area contributed by atoms with Gasteiger partial charge in [-0.05, 0) is 31.2 Å². The summed E-state index contributed by atoms with van der Waals surface area (Å²) in [4.78, 5) is 11.8. The van der Waals surface area contributed by atoms with Crippen LogP contribution < -0.4 is 5.32 Å². The third kappa shape index (κ3) is 3.01. The van der Waals surface area contributed by atoms with Crippen LogP contribution in [-0.4, -0.2) is 16.1 Å². The molecule has 1 aromatic heterocycles.